The van der Waals surface area contributed by atoms with Crippen LogP contribution in [0.2, 0.25) is 0 Å². The number of carbonyl (C=O) groups excluding carboxylic acids is 1. The summed E-state index contributed by atoms with van der Waals surface area (Å²) in [5, 5.41) is 11.4. The molecular formula is C25H24FN3O4S. The van der Waals surface area contributed by atoms with Crippen LogP contribution in [0.1, 0.15) is 17.3 Å². The molecule has 1 fully saturated rings. The third kappa shape index (κ3) is 5.14. The number of nitro benzene ring substituents is 1. The molecule has 3 aromatic carbocycles. The summed E-state index contributed by atoms with van der Waals surface area (Å²) < 4.78 is 20.0. The molecule has 1 aliphatic heterocycles. The molecule has 0 atom stereocenters. The van der Waals surface area contributed by atoms with Crippen LogP contribution in [0.4, 0.5) is 15.8 Å². The van der Waals surface area contributed by atoms with E-state index in [9.17, 15) is 19.3 Å². The lowest BCUT2D eigenvalue weighted by Crippen LogP contribution is -2.49. The van der Waals surface area contributed by atoms with Crippen molar-refractivity contribution in [2.45, 2.75) is 16.7 Å². The van der Waals surface area contributed by atoms with E-state index in [2.05, 4.69) is 4.90 Å². The van der Waals surface area contributed by atoms with Crippen molar-refractivity contribution in [3.63, 3.8) is 0 Å². The second-order valence-corrected chi connectivity index (χ2v) is 8.73. The monoisotopic (exact) mass is 481 g/mol. The Morgan fingerprint density at radius 2 is 1.74 bits per heavy atom. The summed E-state index contributed by atoms with van der Waals surface area (Å²) in [5.41, 5.74) is 0.999. The van der Waals surface area contributed by atoms with Crippen molar-refractivity contribution in [3.05, 3.63) is 88.2 Å². The van der Waals surface area contributed by atoms with E-state index in [0.717, 1.165) is 23.2 Å². The molecule has 0 aromatic heterocycles. The Labute approximate surface area is 201 Å². The summed E-state index contributed by atoms with van der Waals surface area (Å²) in [6.07, 6.45) is 0. The minimum absolute atomic E-state index is 0.175. The van der Waals surface area contributed by atoms with E-state index in [1.165, 1.54) is 24.3 Å². The van der Waals surface area contributed by atoms with Crippen molar-refractivity contribution >= 4 is 29.0 Å². The summed E-state index contributed by atoms with van der Waals surface area (Å²) >= 11 is 1.09. The fourth-order valence-corrected chi connectivity index (χ4v) is 4.79. The molecule has 0 spiro atoms. The third-order valence-electron chi connectivity index (χ3n) is 5.53. The number of benzene rings is 3. The third-order valence-corrected chi connectivity index (χ3v) is 6.66. The van der Waals surface area contributed by atoms with Gasteiger partial charge >= 0.3 is 0 Å². The van der Waals surface area contributed by atoms with Gasteiger partial charge in [0.1, 0.15) is 11.6 Å². The number of rotatable bonds is 7. The van der Waals surface area contributed by atoms with Crippen molar-refractivity contribution in [2.75, 3.05) is 37.7 Å². The Balaban J connectivity index is 1.55. The van der Waals surface area contributed by atoms with Crippen LogP contribution in [0, 0.1) is 15.9 Å². The molecule has 0 unspecified atom stereocenters. The predicted molar refractivity (Wildman–Crippen MR) is 129 cm³/mol. The lowest BCUT2D eigenvalue weighted by molar-refractivity contribution is -0.384. The van der Waals surface area contributed by atoms with Crippen molar-refractivity contribution in [1.29, 1.82) is 0 Å². The van der Waals surface area contributed by atoms with Crippen molar-refractivity contribution < 1.29 is 18.8 Å². The molecule has 0 radical (unpaired) electrons. The van der Waals surface area contributed by atoms with Gasteiger partial charge in [-0.2, -0.15) is 0 Å². The number of carbonyl (C=O) groups is 1. The molecule has 34 heavy (non-hydrogen) atoms. The second-order valence-electron chi connectivity index (χ2n) is 7.65. The molecule has 1 heterocycles. The van der Waals surface area contributed by atoms with Gasteiger partial charge in [-0.25, -0.2) is 4.39 Å². The van der Waals surface area contributed by atoms with E-state index in [1.807, 2.05) is 31.2 Å². The molecule has 4 rings (SSSR count). The average Bonchev–Trinajstić information content (AvgIpc) is 2.86. The van der Waals surface area contributed by atoms with Gasteiger partial charge in [0.05, 0.1) is 22.8 Å². The molecule has 7 nitrogen and oxygen atoms in total. The highest BCUT2D eigenvalue weighted by Crippen LogP contribution is 2.35. The summed E-state index contributed by atoms with van der Waals surface area (Å²) in [4.78, 5) is 28.9. The number of non-ortho nitro benzene ring substituents is 1. The number of anilines is 1. The number of para-hydroxylation sites is 2. The highest BCUT2D eigenvalue weighted by Gasteiger charge is 2.27. The van der Waals surface area contributed by atoms with E-state index in [-0.39, 0.29) is 17.2 Å². The maximum atomic E-state index is 14.2. The van der Waals surface area contributed by atoms with Gasteiger partial charge in [0, 0.05) is 48.1 Å². The fraction of sp³-hybridized carbons (Fsp3) is 0.240. The molecular weight excluding hydrogens is 457 g/mol. The first-order valence-corrected chi connectivity index (χ1v) is 11.8. The van der Waals surface area contributed by atoms with Crippen LogP contribution in [0.25, 0.3) is 0 Å². The zero-order valence-corrected chi connectivity index (χ0v) is 19.5. The number of nitrogens with zero attached hydrogens (tertiary/aromatic N) is 3. The van der Waals surface area contributed by atoms with E-state index in [1.54, 1.807) is 23.1 Å². The standard InChI is InChI=1S/C25H24FN3O4S/c1-2-33-22-9-5-4-8-21(22)27-13-15-28(16-14-27)25(30)19-17-18(29(31)32)11-12-23(19)34-24-10-6-3-7-20(24)26/h3-12,17H,2,13-16H2,1H3. The highest BCUT2D eigenvalue weighted by atomic mass is 32.2. The van der Waals surface area contributed by atoms with Gasteiger partial charge in [-0.1, -0.05) is 36.0 Å². The summed E-state index contributed by atoms with van der Waals surface area (Å²) in [5.74, 6) is 0.0816. The topological polar surface area (TPSA) is 75.9 Å². The Kier molecular flexibility index (Phi) is 7.32. The molecule has 9 heteroatoms. The Bertz CT molecular complexity index is 1200. The number of amides is 1. The number of hydrogen-bond donors (Lipinski definition) is 0. The van der Waals surface area contributed by atoms with Crippen LogP contribution in [-0.4, -0.2) is 48.5 Å². The van der Waals surface area contributed by atoms with Crippen LogP contribution < -0.4 is 9.64 Å². The fourth-order valence-electron chi connectivity index (χ4n) is 3.85. The molecule has 1 aliphatic rings. The normalized spacial score (nSPS) is 13.6. The molecule has 0 bridgehead atoms. The van der Waals surface area contributed by atoms with Crippen LogP contribution in [0.15, 0.2) is 76.5 Å². The number of piperazine rings is 1. The van der Waals surface area contributed by atoms with E-state index in [4.69, 9.17) is 4.74 Å². The van der Waals surface area contributed by atoms with Crippen LogP contribution in [-0.2, 0) is 0 Å². The smallest absolute Gasteiger partial charge is 0.270 e. The predicted octanol–water partition coefficient (Wildman–Crippen LogP) is 5.25. The zero-order chi connectivity index (χ0) is 24.1. The summed E-state index contributed by atoms with van der Waals surface area (Å²) in [6, 6.07) is 18.2. The van der Waals surface area contributed by atoms with Crippen LogP contribution in [0.5, 0.6) is 5.75 Å². The number of nitro groups is 1. The first-order chi connectivity index (χ1) is 16.5. The zero-order valence-electron chi connectivity index (χ0n) is 18.6. The van der Waals surface area contributed by atoms with Crippen LogP contribution >= 0.6 is 11.8 Å². The largest absolute Gasteiger partial charge is 0.492 e. The SMILES string of the molecule is CCOc1ccccc1N1CCN(C(=O)c2cc([N+](=O)[O-])ccc2Sc2ccccc2F)CC1. The van der Waals surface area contributed by atoms with Gasteiger partial charge in [-0.05, 0) is 37.3 Å². The second kappa shape index (κ2) is 10.6. The quantitative estimate of drug-likeness (QED) is 0.339. The van der Waals surface area contributed by atoms with Gasteiger partial charge in [-0.3, -0.25) is 14.9 Å². The minimum Gasteiger partial charge on any atom is -0.492 e. The van der Waals surface area contributed by atoms with Gasteiger partial charge in [0.25, 0.3) is 11.6 Å². The molecule has 0 N–H and O–H groups in total. The number of hydrogen-bond acceptors (Lipinski definition) is 6. The molecule has 0 aliphatic carbocycles. The van der Waals surface area contributed by atoms with Gasteiger partial charge in [0.15, 0.2) is 0 Å². The Hall–Kier alpha value is -3.59. The van der Waals surface area contributed by atoms with E-state index in [0.29, 0.717) is 42.6 Å². The maximum absolute atomic E-state index is 14.2. The Morgan fingerprint density at radius 3 is 2.44 bits per heavy atom. The number of halogens is 1. The molecule has 0 saturated carbocycles. The molecule has 3 aromatic rings. The maximum Gasteiger partial charge on any atom is 0.270 e. The van der Waals surface area contributed by atoms with Gasteiger partial charge < -0.3 is 14.5 Å². The summed E-state index contributed by atoms with van der Waals surface area (Å²) in [7, 11) is 0. The molecule has 176 valence electrons. The highest BCUT2D eigenvalue weighted by molar-refractivity contribution is 7.99. The molecule has 1 saturated heterocycles. The summed E-state index contributed by atoms with van der Waals surface area (Å²) in [6.45, 7) is 4.59. The number of ether oxygens (including phenoxy) is 1. The van der Waals surface area contributed by atoms with Gasteiger partial charge in [0.2, 0.25) is 0 Å². The average molecular weight is 482 g/mol. The first-order valence-electron chi connectivity index (χ1n) is 10.9. The lowest BCUT2D eigenvalue weighted by Gasteiger charge is -2.37. The van der Waals surface area contributed by atoms with Crippen LogP contribution in [0.3, 0.4) is 0 Å². The van der Waals surface area contributed by atoms with Crippen molar-refractivity contribution in [2.24, 2.45) is 0 Å². The lowest BCUT2D eigenvalue weighted by atomic mass is 10.1. The van der Waals surface area contributed by atoms with Gasteiger partial charge in [-0.15, -0.1) is 0 Å². The van der Waals surface area contributed by atoms with E-state index >= 15 is 0 Å². The first kappa shape index (κ1) is 23.6. The van der Waals surface area contributed by atoms with Crippen molar-refractivity contribution in [1.82, 2.24) is 4.90 Å². The van der Waals surface area contributed by atoms with E-state index < -0.39 is 10.7 Å². The molecule has 1 amide bonds. The minimum atomic E-state index is -0.531. The van der Waals surface area contributed by atoms with Crippen molar-refractivity contribution in [3.8, 4) is 5.75 Å². The Morgan fingerprint density at radius 1 is 1.03 bits per heavy atom.